The predicted molar refractivity (Wildman–Crippen MR) is 71.3 cm³/mol. The second-order valence-corrected chi connectivity index (χ2v) is 5.06. The lowest BCUT2D eigenvalue weighted by Gasteiger charge is -2.22. The van der Waals surface area contributed by atoms with Gasteiger partial charge in [0.15, 0.2) is 0 Å². The number of amidine groups is 1. The highest BCUT2D eigenvalue weighted by Crippen LogP contribution is 2.22. The number of anilines is 1. The van der Waals surface area contributed by atoms with Crippen LogP contribution in [0.5, 0.6) is 0 Å². The minimum atomic E-state index is -0.612. The Balaban J connectivity index is 2.43. The molecule has 0 fully saturated rings. The lowest BCUT2D eigenvalue weighted by molar-refractivity contribution is 0.305. The van der Waals surface area contributed by atoms with E-state index in [0.717, 1.165) is 12.5 Å². The van der Waals surface area contributed by atoms with Crippen LogP contribution in [0.3, 0.4) is 0 Å². The lowest BCUT2D eigenvalue weighted by atomic mass is 9.86. The fourth-order valence-corrected chi connectivity index (χ4v) is 1.68. The fourth-order valence-electron chi connectivity index (χ4n) is 1.68. The number of nitrogens with two attached hydrogens (primary N) is 1. The summed E-state index contributed by atoms with van der Waals surface area (Å²) < 4.78 is 25.9. The Labute approximate surface area is 111 Å². The van der Waals surface area contributed by atoms with E-state index in [4.69, 9.17) is 10.9 Å². The van der Waals surface area contributed by atoms with Crippen molar-refractivity contribution in [2.45, 2.75) is 26.7 Å². The van der Waals surface area contributed by atoms with Gasteiger partial charge in [-0.15, -0.1) is 0 Å². The Kier molecular flexibility index (Phi) is 5.09. The van der Waals surface area contributed by atoms with Gasteiger partial charge in [0, 0.05) is 23.7 Å². The molecule has 4 nitrogen and oxygen atoms in total. The number of hydrogen-bond acceptors (Lipinski definition) is 3. The van der Waals surface area contributed by atoms with Gasteiger partial charge in [0.05, 0.1) is 0 Å². The van der Waals surface area contributed by atoms with Gasteiger partial charge < -0.3 is 16.3 Å². The number of nitrogens with one attached hydrogen (secondary N) is 1. The van der Waals surface area contributed by atoms with Gasteiger partial charge >= 0.3 is 0 Å². The minimum absolute atomic E-state index is 0.171. The maximum absolute atomic E-state index is 12.9. The van der Waals surface area contributed by atoms with Crippen LogP contribution < -0.4 is 11.1 Å². The smallest absolute Gasteiger partial charge is 0.144 e. The zero-order valence-corrected chi connectivity index (χ0v) is 11.1. The third-order valence-corrected chi connectivity index (χ3v) is 2.97. The van der Waals surface area contributed by atoms with E-state index in [0.29, 0.717) is 18.7 Å². The van der Waals surface area contributed by atoms with E-state index in [2.05, 4.69) is 10.5 Å². The summed E-state index contributed by atoms with van der Waals surface area (Å²) in [5.41, 5.74) is 5.55. The van der Waals surface area contributed by atoms with E-state index in [-0.39, 0.29) is 5.84 Å². The second-order valence-electron chi connectivity index (χ2n) is 5.06. The first-order valence-electron chi connectivity index (χ1n) is 6.03. The van der Waals surface area contributed by atoms with E-state index >= 15 is 0 Å². The normalized spacial score (nSPS) is 12.5. The fraction of sp³-hybridized carbons (Fsp3) is 0.462. The predicted octanol–water partition coefficient (Wildman–Crippen LogP) is 2.93. The molecular formula is C13H19F2N3O. The number of benzene rings is 1. The van der Waals surface area contributed by atoms with E-state index < -0.39 is 17.0 Å². The first-order valence-corrected chi connectivity index (χ1v) is 6.03. The zero-order chi connectivity index (χ0) is 14.5. The van der Waals surface area contributed by atoms with Crippen LogP contribution in [0.1, 0.15) is 26.7 Å². The topological polar surface area (TPSA) is 70.6 Å². The van der Waals surface area contributed by atoms with Crippen molar-refractivity contribution in [1.29, 1.82) is 0 Å². The highest BCUT2D eigenvalue weighted by atomic mass is 19.1. The van der Waals surface area contributed by atoms with Crippen molar-refractivity contribution in [3.8, 4) is 0 Å². The second kappa shape index (κ2) is 6.36. The van der Waals surface area contributed by atoms with Crippen LogP contribution in [0.15, 0.2) is 23.4 Å². The molecule has 0 atom stereocenters. The van der Waals surface area contributed by atoms with Crippen LogP contribution in [0.25, 0.3) is 0 Å². The van der Waals surface area contributed by atoms with E-state index in [9.17, 15) is 8.78 Å². The molecule has 0 aliphatic rings. The molecule has 0 amide bonds. The van der Waals surface area contributed by atoms with Crippen molar-refractivity contribution < 1.29 is 14.0 Å². The van der Waals surface area contributed by atoms with Crippen LogP contribution in [0.4, 0.5) is 14.5 Å². The first kappa shape index (κ1) is 15.2. The molecule has 0 heterocycles. The largest absolute Gasteiger partial charge is 0.409 e. The van der Waals surface area contributed by atoms with Gasteiger partial charge in [-0.1, -0.05) is 19.0 Å². The number of oxime groups is 1. The molecule has 0 saturated carbocycles. The van der Waals surface area contributed by atoms with Crippen LogP contribution in [-0.2, 0) is 0 Å². The zero-order valence-electron chi connectivity index (χ0n) is 11.1. The SMILES string of the molecule is CC(C)(CCCNc1cc(F)cc(F)c1)C(N)=NO. The van der Waals surface area contributed by atoms with Crippen LogP contribution in [-0.4, -0.2) is 17.6 Å². The van der Waals surface area contributed by atoms with Crippen LogP contribution >= 0.6 is 0 Å². The summed E-state index contributed by atoms with van der Waals surface area (Å²) in [5, 5.41) is 14.6. The van der Waals surface area contributed by atoms with Crippen molar-refractivity contribution in [3.05, 3.63) is 29.8 Å². The average Bonchev–Trinajstić information content (AvgIpc) is 2.32. The van der Waals surface area contributed by atoms with Crippen molar-refractivity contribution in [3.63, 3.8) is 0 Å². The average molecular weight is 271 g/mol. The summed E-state index contributed by atoms with van der Waals surface area (Å²) in [6.45, 7) is 4.28. The van der Waals surface area contributed by atoms with Gasteiger partial charge in [-0.25, -0.2) is 8.78 Å². The van der Waals surface area contributed by atoms with Crippen LogP contribution in [0.2, 0.25) is 0 Å². The van der Waals surface area contributed by atoms with Crippen LogP contribution in [0, 0.1) is 17.0 Å². The van der Waals surface area contributed by atoms with Gasteiger partial charge in [0.1, 0.15) is 17.5 Å². The van der Waals surface area contributed by atoms with Gasteiger partial charge in [-0.05, 0) is 25.0 Å². The third-order valence-electron chi connectivity index (χ3n) is 2.97. The maximum Gasteiger partial charge on any atom is 0.144 e. The molecule has 4 N–H and O–H groups in total. The summed E-state index contributed by atoms with van der Waals surface area (Å²) in [6.07, 6.45) is 1.41. The van der Waals surface area contributed by atoms with Crippen molar-refractivity contribution in [2.75, 3.05) is 11.9 Å². The monoisotopic (exact) mass is 271 g/mol. The van der Waals surface area contributed by atoms with Gasteiger partial charge in [0.25, 0.3) is 0 Å². The standard InChI is InChI=1S/C13H19F2N3O/c1-13(2,12(16)18-19)4-3-5-17-11-7-9(14)6-10(15)8-11/h6-8,17,19H,3-5H2,1-2H3,(H2,16,18). The molecule has 1 aromatic carbocycles. The van der Waals surface area contributed by atoms with E-state index in [1.165, 1.54) is 12.1 Å². The summed E-state index contributed by atoms with van der Waals surface area (Å²) in [6, 6.07) is 3.29. The Hall–Kier alpha value is -1.85. The van der Waals surface area contributed by atoms with Gasteiger partial charge in [-0.3, -0.25) is 0 Å². The third kappa shape index (κ3) is 4.73. The highest BCUT2D eigenvalue weighted by Gasteiger charge is 2.22. The summed E-state index contributed by atoms with van der Waals surface area (Å²) in [5.74, 6) is -1.05. The van der Waals surface area contributed by atoms with Crippen molar-refractivity contribution in [2.24, 2.45) is 16.3 Å². The molecule has 0 aromatic heterocycles. The van der Waals surface area contributed by atoms with E-state index in [1.807, 2.05) is 13.8 Å². The number of nitrogens with zero attached hydrogens (tertiary/aromatic N) is 1. The van der Waals surface area contributed by atoms with Gasteiger partial charge in [-0.2, -0.15) is 0 Å². The van der Waals surface area contributed by atoms with Crippen molar-refractivity contribution in [1.82, 2.24) is 0 Å². The Morgan fingerprint density at radius 2 is 1.89 bits per heavy atom. The summed E-state index contributed by atoms with van der Waals surface area (Å²) in [7, 11) is 0. The highest BCUT2D eigenvalue weighted by molar-refractivity contribution is 5.85. The molecule has 0 bridgehead atoms. The first-order chi connectivity index (χ1) is 8.85. The quantitative estimate of drug-likeness (QED) is 0.245. The Morgan fingerprint density at radius 1 is 1.32 bits per heavy atom. The molecule has 0 spiro atoms. The molecule has 6 heteroatoms. The number of halogens is 2. The summed E-state index contributed by atoms with van der Waals surface area (Å²) >= 11 is 0. The molecule has 0 aliphatic heterocycles. The molecular weight excluding hydrogens is 252 g/mol. The molecule has 19 heavy (non-hydrogen) atoms. The molecule has 106 valence electrons. The molecule has 1 aromatic rings. The number of rotatable bonds is 6. The number of hydrogen-bond donors (Lipinski definition) is 3. The molecule has 0 unspecified atom stereocenters. The Bertz CT molecular complexity index is 441. The van der Waals surface area contributed by atoms with E-state index in [1.54, 1.807) is 0 Å². The molecule has 0 aliphatic carbocycles. The summed E-state index contributed by atoms with van der Waals surface area (Å²) in [4.78, 5) is 0. The molecule has 0 saturated heterocycles. The minimum Gasteiger partial charge on any atom is -0.409 e. The maximum atomic E-state index is 12.9. The van der Waals surface area contributed by atoms with Crippen molar-refractivity contribution >= 4 is 11.5 Å². The molecule has 0 radical (unpaired) electrons. The Morgan fingerprint density at radius 3 is 2.42 bits per heavy atom. The lowest BCUT2D eigenvalue weighted by Crippen LogP contribution is -2.32. The van der Waals surface area contributed by atoms with Gasteiger partial charge in [0.2, 0.25) is 0 Å². The molecule has 1 rings (SSSR count).